The molecule has 1 unspecified atom stereocenters. The standard InChI is InChI=1S/C8H13NOS/c1-5(2)6-3-4-7(10)9-8(6)11/h5-6H,3-4H2,1-2H3,(H,9,10,11). The molecule has 1 aliphatic rings. The van der Waals surface area contributed by atoms with Gasteiger partial charge in [0.05, 0.1) is 4.99 Å². The van der Waals surface area contributed by atoms with E-state index >= 15 is 0 Å². The van der Waals surface area contributed by atoms with Gasteiger partial charge < -0.3 is 5.32 Å². The van der Waals surface area contributed by atoms with E-state index in [4.69, 9.17) is 12.2 Å². The van der Waals surface area contributed by atoms with Gasteiger partial charge in [0.25, 0.3) is 0 Å². The molecule has 1 saturated heterocycles. The lowest BCUT2D eigenvalue weighted by molar-refractivity contribution is -0.120. The zero-order chi connectivity index (χ0) is 8.43. The Kier molecular flexibility index (Phi) is 2.60. The van der Waals surface area contributed by atoms with Crippen molar-refractivity contribution in [2.24, 2.45) is 11.8 Å². The van der Waals surface area contributed by atoms with Crippen LogP contribution in [-0.4, -0.2) is 10.9 Å². The predicted molar refractivity (Wildman–Crippen MR) is 48.3 cm³/mol. The maximum Gasteiger partial charge on any atom is 0.224 e. The molecule has 11 heavy (non-hydrogen) atoms. The van der Waals surface area contributed by atoms with Crippen LogP contribution < -0.4 is 5.32 Å². The maximum absolute atomic E-state index is 10.8. The third kappa shape index (κ3) is 1.99. The van der Waals surface area contributed by atoms with Gasteiger partial charge in [0.1, 0.15) is 0 Å². The molecule has 0 aromatic rings. The van der Waals surface area contributed by atoms with Crippen molar-refractivity contribution in [3.8, 4) is 0 Å². The first kappa shape index (κ1) is 8.65. The monoisotopic (exact) mass is 171 g/mol. The number of nitrogens with one attached hydrogen (secondary N) is 1. The molecule has 2 nitrogen and oxygen atoms in total. The summed E-state index contributed by atoms with van der Waals surface area (Å²) in [6.07, 6.45) is 1.55. The number of carbonyl (C=O) groups is 1. The Morgan fingerprint density at radius 3 is 2.73 bits per heavy atom. The lowest BCUT2D eigenvalue weighted by atomic mass is 9.88. The quantitative estimate of drug-likeness (QED) is 0.606. The van der Waals surface area contributed by atoms with Crippen LogP contribution in [0.3, 0.4) is 0 Å². The van der Waals surface area contributed by atoms with Crippen molar-refractivity contribution in [2.45, 2.75) is 26.7 Å². The van der Waals surface area contributed by atoms with Crippen molar-refractivity contribution in [1.82, 2.24) is 5.32 Å². The predicted octanol–water partition coefficient (Wildman–Crippen LogP) is 1.50. The lowest BCUT2D eigenvalue weighted by Crippen LogP contribution is -2.41. The molecule has 1 aliphatic heterocycles. The minimum absolute atomic E-state index is 0.0758. The van der Waals surface area contributed by atoms with Crippen LogP contribution in [-0.2, 0) is 4.79 Å². The summed E-state index contributed by atoms with van der Waals surface area (Å²) in [4.78, 5) is 11.6. The zero-order valence-electron chi connectivity index (χ0n) is 6.89. The smallest absolute Gasteiger partial charge is 0.224 e. The van der Waals surface area contributed by atoms with E-state index in [0.717, 1.165) is 11.4 Å². The molecule has 62 valence electrons. The highest BCUT2D eigenvalue weighted by molar-refractivity contribution is 7.80. The molecule has 1 heterocycles. The van der Waals surface area contributed by atoms with Gasteiger partial charge >= 0.3 is 0 Å². The summed E-state index contributed by atoms with van der Waals surface area (Å²) in [5.74, 6) is 1.03. The zero-order valence-corrected chi connectivity index (χ0v) is 7.70. The van der Waals surface area contributed by atoms with E-state index in [1.54, 1.807) is 0 Å². The van der Waals surface area contributed by atoms with Gasteiger partial charge in [0, 0.05) is 12.3 Å². The Morgan fingerprint density at radius 1 is 1.64 bits per heavy atom. The summed E-state index contributed by atoms with van der Waals surface area (Å²) in [7, 11) is 0. The fraction of sp³-hybridized carbons (Fsp3) is 0.750. The van der Waals surface area contributed by atoms with Crippen LogP contribution in [0.1, 0.15) is 26.7 Å². The van der Waals surface area contributed by atoms with Gasteiger partial charge in [0.2, 0.25) is 5.91 Å². The molecule has 0 aromatic carbocycles. The molecular formula is C8H13NOS. The van der Waals surface area contributed by atoms with Crippen molar-refractivity contribution >= 4 is 23.1 Å². The molecular weight excluding hydrogens is 158 g/mol. The molecule has 1 N–H and O–H groups in total. The van der Waals surface area contributed by atoms with Gasteiger partial charge in [0.15, 0.2) is 0 Å². The van der Waals surface area contributed by atoms with Gasteiger partial charge in [-0.3, -0.25) is 4.79 Å². The summed E-state index contributed by atoms with van der Waals surface area (Å²) in [6, 6.07) is 0. The van der Waals surface area contributed by atoms with Crippen molar-refractivity contribution in [3.63, 3.8) is 0 Å². The Hall–Kier alpha value is -0.440. The number of carbonyl (C=O) groups excluding carboxylic acids is 1. The van der Waals surface area contributed by atoms with Gasteiger partial charge in [-0.2, -0.15) is 0 Å². The minimum Gasteiger partial charge on any atom is -0.320 e. The van der Waals surface area contributed by atoms with Crippen molar-refractivity contribution in [1.29, 1.82) is 0 Å². The van der Waals surface area contributed by atoms with Crippen LogP contribution in [0.15, 0.2) is 0 Å². The Bertz CT molecular complexity index is 189. The van der Waals surface area contributed by atoms with E-state index in [2.05, 4.69) is 19.2 Å². The first-order chi connectivity index (χ1) is 5.11. The third-order valence-corrected chi connectivity index (χ3v) is 2.49. The summed E-state index contributed by atoms with van der Waals surface area (Å²) in [5, 5.41) is 2.70. The number of hydrogen-bond acceptors (Lipinski definition) is 2. The molecule has 0 aliphatic carbocycles. The second-order valence-corrected chi connectivity index (χ2v) is 3.74. The van der Waals surface area contributed by atoms with E-state index < -0.39 is 0 Å². The fourth-order valence-electron chi connectivity index (χ4n) is 1.35. The van der Waals surface area contributed by atoms with Gasteiger partial charge in [-0.25, -0.2) is 0 Å². The fourth-order valence-corrected chi connectivity index (χ4v) is 1.85. The molecule has 0 saturated carbocycles. The topological polar surface area (TPSA) is 29.1 Å². The van der Waals surface area contributed by atoms with E-state index in [9.17, 15) is 4.79 Å². The highest BCUT2D eigenvalue weighted by Crippen LogP contribution is 2.21. The molecule has 1 rings (SSSR count). The molecule has 0 bridgehead atoms. The molecule has 1 fully saturated rings. The summed E-state index contributed by atoms with van der Waals surface area (Å²) < 4.78 is 0. The molecule has 0 spiro atoms. The number of piperidine rings is 1. The molecule has 0 radical (unpaired) electrons. The number of hydrogen-bond donors (Lipinski definition) is 1. The Balaban J connectivity index is 2.57. The van der Waals surface area contributed by atoms with Gasteiger partial charge in [-0.05, 0) is 12.3 Å². The second kappa shape index (κ2) is 3.30. The van der Waals surface area contributed by atoms with Crippen LogP contribution in [0, 0.1) is 11.8 Å². The van der Waals surface area contributed by atoms with E-state index in [1.165, 1.54) is 0 Å². The molecule has 0 aromatic heterocycles. The lowest BCUT2D eigenvalue weighted by Gasteiger charge is -2.26. The first-order valence-corrected chi connectivity index (χ1v) is 4.36. The Morgan fingerprint density at radius 2 is 2.27 bits per heavy atom. The number of amides is 1. The minimum atomic E-state index is 0.0758. The number of rotatable bonds is 1. The average Bonchev–Trinajstić information content (AvgIpc) is 1.85. The van der Waals surface area contributed by atoms with Crippen LogP contribution in [0.25, 0.3) is 0 Å². The normalized spacial score (nSPS) is 25.5. The van der Waals surface area contributed by atoms with Crippen molar-refractivity contribution in [2.75, 3.05) is 0 Å². The average molecular weight is 171 g/mol. The Labute approximate surface area is 72.4 Å². The van der Waals surface area contributed by atoms with Crippen LogP contribution in [0.5, 0.6) is 0 Å². The van der Waals surface area contributed by atoms with E-state index in [0.29, 0.717) is 18.3 Å². The van der Waals surface area contributed by atoms with Gasteiger partial charge in [-0.15, -0.1) is 0 Å². The molecule has 3 heteroatoms. The first-order valence-electron chi connectivity index (χ1n) is 3.95. The van der Waals surface area contributed by atoms with Crippen LogP contribution in [0.2, 0.25) is 0 Å². The third-order valence-electron chi connectivity index (χ3n) is 2.09. The van der Waals surface area contributed by atoms with Crippen LogP contribution >= 0.6 is 12.2 Å². The summed E-state index contributed by atoms with van der Waals surface area (Å²) in [6.45, 7) is 4.27. The maximum atomic E-state index is 10.8. The SMILES string of the molecule is CC(C)C1CCC(=O)NC1=S. The van der Waals surface area contributed by atoms with E-state index in [-0.39, 0.29) is 5.91 Å². The van der Waals surface area contributed by atoms with Crippen LogP contribution in [0.4, 0.5) is 0 Å². The molecule has 1 atom stereocenters. The largest absolute Gasteiger partial charge is 0.320 e. The highest BCUT2D eigenvalue weighted by atomic mass is 32.1. The summed E-state index contributed by atoms with van der Waals surface area (Å²) in [5.41, 5.74) is 0. The van der Waals surface area contributed by atoms with Gasteiger partial charge in [-0.1, -0.05) is 26.1 Å². The highest BCUT2D eigenvalue weighted by Gasteiger charge is 2.25. The van der Waals surface area contributed by atoms with E-state index in [1.807, 2.05) is 0 Å². The summed E-state index contributed by atoms with van der Waals surface area (Å²) >= 11 is 5.05. The molecule has 1 amide bonds. The second-order valence-electron chi connectivity index (χ2n) is 3.30. The van der Waals surface area contributed by atoms with Crippen molar-refractivity contribution < 1.29 is 4.79 Å². The number of thiocarbonyl (C=S) groups is 1. The van der Waals surface area contributed by atoms with Crippen molar-refractivity contribution in [3.05, 3.63) is 0 Å².